The second-order valence-corrected chi connectivity index (χ2v) is 8.47. The van der Waals surface area contributed by atoms with Crippen molar-refractivity contribution in [2.24, 2.45) is 0 Å². The van der Waals surface area contributed by atoms with Crippen molar-refractivity contribution in [1.82, 2.24) is 10.2 Å². The molecule has 0 aliphatic carbocycles. The van der Waals surface area contributed by atoms with Crippen LogP contribution in [0.2, 0.25) is 0 Å². The number of para-hydroxylation sites is 3. The fraction of sp³-hybridized carbons (Fsp3) is 0.107. The third-order valence-electron chi connectivity index (χ3n) is 6.04. The molecule has 4 aromatic rings. The number of benzene rings is 4. The minimum atomic E-state index is -1.27. The van der Waals surface area contributed by atoms with Crippen LogP contribution in [0.15, 0.2) is 97.1 Å². The van der Waals surface area contributed by atoms with E-state index in [0.717, 1.165) is 15.7 Å². The van der Waals surface area contributed by atoms with E-state index in [9.17, 15) is 14.4 Å². The van der Waals surface area contributed by atoms with Gasteiger partial charge in [0.25, 0.3) is 5.91 Å². The number of fused-ring (bicyclic) bond motifs is 1. The minimum Gasteiger partial charge on any atom is -0.455 e. The monoisotopic (exact) mass is 465 g/mol. The van der Waals surface area contributed by atoms with Crippen LogP contribution in [0.4, 0.5) is 10.5 Å². The molecule has 1 fully saturated rings. The molecule has 4 aromatic carbocycles. The Kier molecular flexibility index (Phi) is 5.66. The van der Waals surface area contributed by atoms with E-state index in [0.29, 0.717) is 22.7 Å². The van der Waals surface area contributed by atoms with Crippen LogP contribution in [-0.4, -0.2) is 29.3 Å². The van der Waals surface area contributed by atoms with Gasteiger partial charge in [0.15, 0.2) is 5.75 Å². The topological polar surface area (TPSA) is 87.7 Å². The van der Waals surface area contributed by atoms with Gasteiger partial charge in [0.1, 0.15) is 17.8 Å². The van der Waals surface area contributed by atoms with Gasteiger partial charge in [0.05, 0.1) is 5.69 Å². The number of nitrogens with one attached hydrogen (secondary N) is 2. The number of nitrogens with zero attached hydrogens (tertiary/aromatic N) is 1. The molecular formula is C28H23N3O4. The second-order valence-electron chi connectivity index (χ2n) is 8.47. The number of amides is 4. The number of carbonyl (C=O) groups excluding carboxylic acids is 3. The molecule has 1 saturated heterocycles. The lowest BCUT2D eigenvalue weighted by atomic mass is 9.90. The van der Waals surface area contributed by atoms with Gasteiger partial charge in [-0.15, -0.1) is 0 Å². The van der Waals surface area contributed by atoms with Gasteiger partial charge in [-0.2, -0.15) is 0 Å². The maximum atomic E-state index is 13.3. The fourth-order valence-corrected chi connectivity index (χ4v) is 4.14. The van der Waals surface area contributed by atoms with E-state index in [1.54, 1.807) is 43.3 Å². The number of imide groups is 1. The Morgan fingerprint density at radius 3 is 2.37 bits per heavy atom. The SMILES string of the molecule is C[C@@]1(c2ccc3ccccc3c2)NC(=O)N(CC(=O)Nc2ccccc2Oc2ccccc2)C1=O. The lowest BCUT2D eigenvalue weighted by Crippen LogP contribution is -2.42. The predicted octanol–water partition coefficient (Wildman–Crippen LogP) is 5.04. The summed E-state index contributed by atoms with van der Waals surface area (Å²) in [6.07, 6.45) is 0. The van der Waals surface area contributed by atoms with Crippen LogP contribution >= 0.6 is 0 Å². The van der Waals surface area contributed by atoms with Crippen molar-refractivity contribution in [2.75, 3.05) is 11.9 Å². The molecular weight excluding hydrogens is 442 g/mol. The molecule has 2 N–H and O–H groups in total. The largest absolute Gasteiger partial charge is 0.455 e. The summed E-state index contributed by atoms with van der Waals surface area (Å²) in [5.74, 6) is 0.0711. The third kappa shape index (κ3) is 4.31. The molecule has 35 heavy (non-hydrogen) atoms. The molecule has 0 saturated carbocycles. The normalized spacial score (nSPS) is 17.3. The molecule has 1 atom stereocenters. The van der Waals surface area contributed by atoms with Crippen LogP contribution in [-0.2, 0) is 15.1 Å². The smallest absolute Gasteiger partial charge is 0.325 e. The Hall–Kier alpha value is -4.65. The molecule has 1 heterocycles. The molecule has 174 valence electrons. The molecule has 0 radical (unpaired) electrons. The van der Waals surface area contributed by atoms with Crippen LogP contribution in [0.5, 0.6) is 11.5 Å². The highest BCUT2D eigenvalue weighted by molar-refractivity contribution is 6.10. The van der Waals surface area contributed by atoms with Gasteiger partial charge in [0.2, 0.25) is 5.91 Å². The molecule has 0 aromatic heterocycles. The maximum Gasteiger partial charge on any atom is 0.325 e. The van der Waals surface area contributed by atoms with Crippen molar-refractivity contribution >= 4 is 34.3 Å². The van der Waals surface area contributed by atoms with Gasteiger partial charge in [0, 0.05) is 0 Å². The van der Waals surface area contributed by atoms with Crippen LogP contribution in [0.1, 0.15) is 12.5 Å². The van der Waals surface area contributed by atoms with Crippen molar-refractivity contribution in [3.05, 3.63) is 103 Å². The van der Waals surface area contributed by atoms with E-state index in [4.69, 9.17) is 4.74 Å². The Morgan fingerprint density at radius 2 is 1.57 bits per heavy atom. The van der Waals surface area contributed by atoms with Crippen molar-refractivity contribution in [2.45, 2.75) is 12.5 Å². The average Bonchev–Trinajstić information content (AvgIpc) is 3.09. The summed E-state index contributed by atoms with van der Waals surface area (Å²) < 4.78 is 5.87. The number of rotatable bonds is 6. The van der Waals surface area contributed by atoms with Gasteiger partial charge in [-0.3, -0.25) is 14.5 Å². The molecule has 7 nitrogen and oxygen atoms in total. The van der Waals surface area contributed by atoms with Gasteiger partial charge >= 0.3 is 6.03 Å². The van der Waals surface area contributed by atoms with Crippen molar-refractivity contribution in [1.29, 1.82) is 0 Å². The Morgan fingerprint density at radius 1 is 0.886 bits per heavy atom. The number of hydrogen-bond acceptors (Lipinski definition) is 4. The van der Waals surface area contributed by atoms with Crippen molar-refractivity contribution < 1.29 is 19.1 Å². The average molecular weight is 466 g/mol. The maximum absolute atomic E-state index is 13.3. The summed E-state index contributed by atoms with van der Waals surface area (Å²) in [6, 6.07) is 28.9. The van der Waals surface area contributed by atoms with E-state index in [2.05, 4.69) is 10.6 Å². The summed E-state index contributed by atoms with van der Waals surface area (Å²) in [5.41, 5.74) is -0.180. The van der Waals surface area contributed by atoms with E-state index in [-0.39, 0.29) is 0 Å². The Balaban J connectivity index is 1.32. The highest BCUT2D eigenvalue weighted by atomic mass is 16.5. The van der Waals surface area contributed by atoms with Crippen LogP contribution in [0.3, 0.4) is 0 Å². The van der Waals surface area contributed by atoms with Gasteiger partial charge in [-0.05, 0) is 53.6 Å². The lowest BCUT2D eigenvalue weighted by Gasteiger charge is -2.22. The molecule has 0 bridgehead atoms. The van der Waals surface area contributed by atoms with E-state index in [1.165, 1.54) is 0 Å². The number of anilines is 1. The summed E-state index contributed by atoms with van der Waals surface area (Å²) in [5, 5.41) is 7.50. The van der Waals surface area contributed by atoms with Crippen LogP contribution < -0.4 is 15.4 Å². The first kappa shape index (κ1) is 22.2. The molecule has 5 rings (SSSR count). The highest BCUT2D eigenvalue weighted by Crippen LogP contribution is 2.32. The summed E-state index contributed by atoms with van der Waals surface area (Å²) in [6.45, 7) is 1.23. The van der Waals surface area contributed by atoms with Crippen molar-refractivity contribution in [3.63, 3.8) is 0 Å². The zero-order valence-corrected chi connectivity index (χ0v) is 19.0. The van der Waals surface area contributed by atoms with E-state index >= 15 is 0 Å². The predicted molar refractivity (Wildman–Crippen MR) is 133 cm³/mol. The van der Waals surface area contributed by atoms with Gasteiger partial charge in [-0.1, -0.05) is 66.7 Å². The van der Waals surface area contributed by atoms with Gasteiger partial charge in [-0.25, -0.2) is 4.79 Å². The third-order valence-corrected chi connectivity index (χ3v) is 6.04. The minimum absolute atomic E-state index is 0.423. The molecule has 4 amide bonds. The van der Waals surface area contributed by atoms with Gasteiger partial charge < -0.3 is 15.4 Å². The van der Waals surface area contributed by atoms with E-state index < -0.39 is 29.9 Å². The number of ether oxygens (including phenoxy) is 1. The first-order valence-electron chi connectivity index (χ1n) is 11.2. The molecule has 1 aliphatic heterocycles. The zero-order chi connectivity index (χ0) is 24.4. The molecule has 1 aliphatic rings. The molecule has 0 unspecified atom stereocenters. The number of urea groups is 1. The van der Waals surface area contributed by atoms with E-state index in [1.807, 2.05) is 60.7 Å². The standard InChI is InChI=1S/C28H23N3O4/c1-28(21-16-15-19-9-5-6-10-20(19)17-21)26(33)31(27(34)30-28)18-25(32)29-23-13-7-8-14-24(23)35-22-11-3-2-4-12-22/h2-17H,18H2,1H3,(H,29,32)(H,30,34)/t28-/m0/s1. The van der Waals surface area contributed by atoms with Crippen molar-refractivity contribution in [3.8, 4) is 11.5 Å². The van der Waals surface area contributed by atoms with Crippen LogP contribution in [0, 0.1) is 0 Å². The second kappa shape index (κ2) is 8.95. The Bertz CT molecular complexity index is 1440. The number of carbonyl (C=O) groups is 3. The molecule has 7 heteroatoms. The quantitative estimate of drug-likeness (QED) is 0.391. The first-order valence-corrected chi connectivity index (χ1v) is 11.2. The first-order chi connectivity index (χ1) is 16.9. The highest BCUT2D eigenvalue weighted by Gasteiger charge is 2.49. The molecule has 0 spiro atoms. The lowest BCUT2D eigenvalue weighted by molar-refractivity contribution is -0.133. The summed E-state index contributed by atoms with van der Waals surface area (Å²) in [7, 11) is 0. The zero-order valence-electron chi connectivity index (χ0n) is 19.0. The van der Waals surface area contributed by atoms with Crippen LogP contribution in [0.25, 0.3) is 10.8 Å². The summed E-state index contributed by atoms with van der Waals surface area (Å²) in [4.78, 5) is 39.8. The Labute approximate surface area is 202 Å². The fourth-order valence-electron chi connectivity index (χ4n) is 4.14. The number of hydrogen-bond donors (Lipinski definition) is 2. The summed E-state index contributed by atoms with van der Waals surface area (Å²) >= 11 is 0.